The number of hydrogen-bond donors (Lipinski definition) is 0. The fourth-order valence-corrected chi connectivity index (χ4v) is 2.09. The highest BCUT2D eigenvalue weighted by Gasteiger charge is 2.03. The molecule has 0 aliphatic carbocycles. The Morgan fingerprint density at radius 2 is 1.23 bits per heavy atom. The van der Waals surface area contributed by atoms with Gasteiger partial charge in [-0.25, -0.2) is 0 Å². The van der Waals surface area contributed by atoms with Gasteiger partial charge in [0, 0.05) is 20.0 Å². The molecular weight excluding hydrogens is 270 g/mol. The van der Waals surface area contributed by atoms with Crippen molar-refractivity contribution in [3.8, 4) is 0 Å². The van der Waals surface area contributed by atoms with Crippen molar-refractivity contribution in [2.24, 2.45) is 0 Å². The molecule has 2 rings (SSSR count). The Balaban J connectivity index is 1.89. The molecule has 1 amide bonds. The number of amides is 1. The molecule has 0 saturated carbocycles. The van der Waals surface area contributed by atoms with E-state index in [9.17, 15) is 4.79 Å². The first-order valence-corrected chi connectivity index (χ1v) is 7.44. The molecule has 2 aromatic carbocycles. The summed E-state index contributed by atoms with van der Waals surface area (Å²) in [6.07, 6.45) is 8.12. The van der Waals surface area contributed by atoms with Gasteiger partial charge in [-0.1, -0.05) is 85.0 Å². The van der Waals surface area contributed by atoms with Gasteiger partial charge in [0.05, 0.1) is 0 Å². The van der Waals surface area contributed by atoms with Gasteiger partial charge < -0.3 is 4.90 Å². The first-order valence-electron chi connectivity index (χ1n) is 7.44. The zero-order chi connectivity index (χ0) is 15.6. The minimum absolute atomic E-state index is 0.0791. The largest absolute Gasteiger partial charge is 0.335 e. The zero-order valence-corrected chi connectivity index (χ0v) is 12.9. The Morgan fingerprint density at radius 3 is 1.59 bits per heavy atom. The molecule has 0 aliphatic heterocycles. The van der Waals surface area contributed by atoms with Crippen LogP contribution in [0.2, 0.25) is 0 Å². The minimum Gasteiger partial charge on any atom is -0.335 e. The lowest BCUT2D eigenvalue weighted by molar-refractivity contribution is -0.127. The summed E-state index contributed by atoms with van der Waals surface area (Å²) in [6, 6.07) is 20.2. The van der Waals surface area contributed by atoms with E-state index in [0.29, 0.717) is 13.1 Å². The van der Waals surface area contributed by atoms with E-state index < -0.39 is 0 Å². The number of hydrogen-bond acceptors (Lipinski definition) is 1. The summed E-state index contributed by atoms with van der Waals surface area (Å²) in [6.45, 7) is 2.83. The lowest BCUT2D eigenvalue weighted by Crippen LogP contribution is -2.28. The SMILES string of the molecule is CC(=O)N(C/C=C/c1ccccc1)C/C=C/c1ccccc1. The molecule has 0 bridgehead atoms. The summed E-state index contributed by atoms with van der Waals surface area (Å²) in [7, 11) is 0. The van der Waals surface area contributed by atoms with Crippen LogP contribution in [0.25, 0.3) is 12.2 Å². The highest BCUT2D eigenvalue weighted by atomic mass is 16.2. The maximum absolute atomic E-state index is 11.7. The number of rotatable bonds is 6. The first-order chi connectivity index (χ1) is 10.8. The van der Waals surface area contributed by atoms with Crippen molar-refractivity contribution in [1.29, 1.82) is 0 Å². The monoisotopic (exact) mass is 291 g/mol. The van der Waals surface area contributed by atoms with Crippen molar-refractivity contribution >= 4 is 18.1 Å². The van der Waals surface area contributed by atoms with E-state index in [1.165, 1.54) is 0 Å². The molecule has 112 valence electrons. The summed E-state index contributed by atoms with van der Waals surface area (Å²) in [5.41, 5.74) is 2.29. The second kappa shape index (κ2) is 8.63. The molecule has 2 heteroatoms. The third kappa shape index (κ3) is 5.41. The zero-order valence-electron chi connectivity index (χ0n) is 12.9. The fraction of sp³-hybridized carbons (Fsp3) is 0.150. The van der Waals surface area contributed by atoms with Gasteiger partial charge in [0.2, 0.25) is 5.91 Å². The molecule has 0 fully saturated rings. The topological polar surface area (TPSA) is 20.3 Å². The van der Waals surface area contributed by atoms with Crippen LogP contribution >= 0.6 is 0 Å². The number of nitrogens with zero attached hydrogens (tertiary/aromatic N) is 1. The maximum atomic E-state index is 11.7. The van der Waals surface area contributed by atoms with Crippen molar-refractivity contribution in [2.75, 3.05) is 13.1 Å². The van der Waals surface area contributed by atoms with Gasteiger partial charge in [-0.2, -0.15) is 0 Å². The highest BCUT2D eigenvalue weighted by Crippen LogP contribution is 2.03. The van der Waals surface area contributed by atoms with Crippen LogP contribution in [0.1, 0.15) is 18.1 Å². The molecule has 0 saturated heterocycles. The quantitative estimate of drug-likeness (QED) is 0.778. The van der Waals surface area contributed by atoms with Crippen LogP contribution in [0.5, 0.6) is 0 Å². The fourth-order valence-electron chi connectivity index (χ4n) is 2.09. The number of carbonyl (C=O) groups excluding carboxylic acids is 1. The highest BCUT2D eigenvalue weighted by molar-refractivity contribution is 5.74. The predicted octanol–water partition coefficient (Wildman–Crippen LogP) is 4.26. The second-order valence-corrected chi connectivity index (χ2v) is 5.05. The van der Waals surface area contributed by atoms with Crippen LogP contribution < -0.4 is 0 Å². The third-order valence-electron chi connectivity index (χ3n) is 3.32. The van der Waals surface area contributed by atoms with Crippen molar-refractivity contribution < 1.29 is 4.79 Å². The van der Waals surface area contributed by atoms with Crippen molar-refractivity contribution in [3.63, 3.8) is 0 Å². The molecule has 0 spiro atoms. The van der Waals surface area contributed by atoms with E-state index in [2.05, 4.69) is 0 Å². The number of benzene rings is 2. The van der Waals surface area contributed by atoms with Gasteiger partial charge in [-0.3, -0.25) is 4.79 Å². The minimum atomic E-state index is 0.0791. The molecule has 2 aromatic rings. The Labute approximate surface area is 132 Å². The maximum Gasteiger partial charge on any atom is 0.220 e. The summed E-state index contributed by atoms with van der Waals surface area (Å²) in [5.74, 6) is 0.0791. The van der Waals surface area contributed by atoms with E-state index in [1.807, 2.05) is 85.0 Å². The van der Waals surface area contributed by atoms with Crippen LogP contribution in [0.3, 0.4) is 0 Å². The Hall–Kier alpha value is -2.61. The van der Waals surface area contributed by atoms with Gasteiger partial charge in [0.15, 0.2) is 0 Å². The Kier molecular flexibility index (Phi) is 6.18. The van der Waals surface area contributed by atoms with Crippen LogP contribution in [-0.4, -0.2) is 23.9 Å². The standard InChI is InChI=1S/C20H21NO/c1-18(22)21(16-8-14-19-10-4-2-5-11-19)17-9-15-20-12-6-3-7-13-20/h2-15H,16-17H2,1H3/b14-8+,15-9+. The van der Waals surface area contributed by atoms with E-state index in [-0.39, 0.29) is 5.91 Å². The molecule has 0 unspecified atom stereocenters. The van der Waals surface area contributed by atoms with Gasteiger partial charge in [-0.05, 0) is 11.1 Å². The average Bonchev–Trinajstić information content (AvgIpc) is 2.55. The normalized spacial score (nSPS) is 11.1. The molecule has 0 aromatic heterocycles. The van der Waals surface area contributed by atoms with Gasteiger partial charge >= 0.3 is 0 Å². The van der Waals surface area contributed by atoms with Crippen molar-refractivity contribution in [1.82, 2.24) is 4.90 Å². The smallest absolute Gasteiger partial charge is 0.220 e. The molecule has 22 heavy (non-hydrogen) atoms. The van der Waals surface area contributed by atoms with E-state index >= 15 is 0 Å². The molecule has 0 heterocycles. The molecule has 0 aliphatic rings. The van der Waals surface area contributed by atoms with E-state index in [4.69, 9.17) is 0 Å². The van der Waals surface area contributed by atoms with Crippen LogP contribution in [0.15, 0.2) is 72.8 Å². The molecule has 2 nitrogen and oxygen atoms in total. The van der Waals surface area contributed by atoms with Crippen molar-refractivity contribution in [3.05, 3.63) is 83.9 Å². The van der Waals surface area contributed by atoms with Gasteiger partial charge in [0.1, 0.15) is 0 Å². The molecular formula is C20H21NO. The average molecular weight is 291 g/mol. The lowest BCUT2D eigenvalue weighted by atomic mass is 10.2. The molecule has 0 N–H and O–H groups in total. The van der Waals surface area contributed by atoms with Crippen molar-refractivity contribution in [2.45, 2.75) is 6.92 Å². The Bertz CT molecular complexity index is 578. The summed E-state index contributed by atoms with van der Waals surface area (Å²) in [4.78, 5) is 13.5. The molecule has 0 radical (unpaired) electrons. The predicted molar refractivity (Wildman–Crippen MR) is 93.2 cm³/mol. The second-order valence-electron chi connectivity index (χ2n) is 5.05. The Morgan fingerprint density at radius 1 is 0.818 bits per heavy atom. The van der Waals surface area contributed by atoms with Gasteiger partial charge in [0.25, 0.3) is 0 Å². The summed E-state index contributed by atoms with van der Waals surface area (Å²) < 4.78 is 0. The van der Waals surface area contributed by atoms with Crippen LogP contribution in [0.4, 0.5) is 0 Å². The summed E-state index contributed by atoms with van der Waals surface area (Å²) >= 11 is 0. The lowest BCUT2D eigenvalue weighted by Gasteiger charge is -2.16. The number of carbonyl (C=O) groups is 1. The first kappa shape index (κ1) is 15.8. The van der Waals surface area contributed by atoms with Crippen LogP contribution in [-0.2, 0) is 4.79 Å². The van der Waals surface area contributed by atoms with Gasteiger partial charge in [-0.15, -0.1) is 0 Å². The van der Waals surface area contributed by atoms with E-state index in [1.54, 1.807) is 11.8 Å². The summed E-state index contributed by atoms with van der Waals surface area (Å²) in [5, 5.41) is 0. The van der Waals surface area contributed by atoms with E-state index in [0.717, 1.165) is 11.1 Å². The third-order valence-corrected chi connectivity index (χ3v) is 3.32. The van der Waals surface area contributed by atoms with Crippen LogP contribution in [0, 0.1) is 0 Å². The molecule has 0 atom stereocenters.